The highest BCUT2D eigenvalue weighted by atomic mass is 16.3. The average Bonchev–Trinajstić information content (AvgIpc) is 2.56. The molecule has 1 heteroatoms. The van der Waals surface area contributed by atoms with Crippen LogP contribution in [0, 0.1) is 0 Å². The van der Waals surface area contributed by atoms with Crippen LogP contribution in [0.25, 0.3) is 24.3 Å². The van der Waals surface area contributed by atoms with Gasteiger partial charge in [-0.25, -0.2) is 0 Å². The van der Waals surface area contributed by atoms with Crippen molar-refractivity contribution in [3.8, 4) is 0 Å². The number of rotatable bonds is 4. The van der Waals surface area contributed by atoms with E-state index in [2.05, 4.69) is 19.7 Å². The fraction of sp³-hybridized carbons (Fsp3) is 0.0769. The van der Waals surface area contributed by atoms with Gasteiger partial charge in [0, 0.05) is 11.1 Å². The quantitative estimate of drug-likeness (QED) is 0.685. The fourth-order valence-corrected chi connectivity index (χ4v) is 1.35. The first-order chi connectivity index (χ1) is 6.78. The van der Waals surface area contributed by atoms with Crippen LogP contribution in [0.5, 0.6) is 0 Å². The number of allylic oxidation sites excluding steroid dienone is 1. The second kappa shape index (κ2) is 4.47. The molecular weight excluding hydrogens is 172 g/mol. The van der Waals surface area contributed by atoms with Crippen LogP contribution in [0.3, 0.4) is 0 Å². The van der Waals surface area contributed by atoms with Crippen LogP contribution < -0.4 is 0 Å². The molecule has 0 aromatic carbocycles. The van der Waals surface area contributed by atoms with Gasteiger partial charge in [0.1, 0.15) is 11.5 Å². The van der Waals surface area contributed by atoms with E-state index in [0.717, 1.165) is 22.6 Å². The van der Waals surface area contributed by atoms with E-state index in [1.54, 1.807) is 18.2 Å². The molecule has 0 saturated carbocycles. The molecule has 1 aromatic rings. The molecule has 0 fully saturated rings. The second-order valence-corrected chi connectivity index (χ2v) is 2.77. The Morgan fingerprint density at radius 2 is 1.50 bits per heavy atom. The Morgan fingerprint density at radius 3 is 1.93 bits per heavy atom. The Balaban J connectivity index is 3.47. The molecular formula is C13H14O. The minimum atomic E-state index is 0.739. The van der Waals surface area contributed by atoms with Gasteiger partial charge in [0.15, 0.2) is 0 Å². The monoisotopic (exact) mass is 186 g/mol. The van der Waals surface area contributed by atoms with E-state index in [1.807, 2.05) is 19.1 Å². The van der Waals surface area contributed by atoms with Gasteiger partial charge < -0.3 is 4.42 Å². The molecule has 1 rings (SSSR count). The zero-order valence-corrected chi connectivity index (χ0v) is 8.42. The zero-order valence-electron chi connectivity index (χ0n) is 8.42. The van der Waals surface area contributed by atoms with Crippen molar-refractivity contribution in [1.82, 2.24) is 0 Å². The predicted molar refractivity (Wildman–Crippen MR) is 63.7 cm³/mol. The van der Waals surface area contributed by atoms with Gasteiger partial charge in [-0.1, -0.05) is 38.0 Å². The van der Waals surface area contributed by atoms with Gasteiger partial charge in [-0.2, -0.15) is 0 Å². The molecule has 0 spiro atoms. The lowest BCUT2D eigenvalue weighted by Crippen LogP contribution is -1.76. The summed E-state index contributed by atoms with van der Waals surface area (Å²) in [5.74, 6) is 1.50. The van der Waals surface area contributed by atoms with Crippen molar-refractivity contribution in [2.75, 3.05) is 0 Å². The summed E-state index contributed by atoms with van der Waals surface area (Å²) in [6, 6.07) is 0. The smallest absolute Gasteiger partial charge is 0.134 e. The van der Waals surface area contributed by atoms with Crippen molar-refractivity contribution in [3.63, 3.8) is 0 Å². The molecule has 0 aliphatic rings. The van der Waals surface area contributed by atoms with Crippen LogP contribution in [0.15, 0.2) is 30.2 Å². The summed E-state index contributed by atoms with van der Waals surface area (Å²) in [7, 11) is 0. The lowest BCUT2D eigenvalue weighted by Gasteiger charge is -1.91. The van der Waals surface area contributed by atoms with Gasteiger partial charge in [-0.05, 0) is 19.1 Å². The molecule has 0 amide bonds. The molecule has 72 valence electrons. The molecule has 0 aliphatic carbocycles. The molecule has 1 nitrogen and oxygen atoms in total. The summed E-state index contributed by atoms with van der Waals surface area (Å²) in [6.45, 7) is 13.1. The van der Waals surface area contributed by atoms with Crippen molar-refractivity contribution in [2.24, 2.45) is 0 Å². The maximum Gasteiger partial charge on any atom is 0.134 e. The zero-order chi connectivity index (χ0) is 10.6. The van der Waals surface area contributed by atoms with Crippen LogP contribution in [0.4, 0.5) is 0 Å². The van der Waals surface area contributed by atoms with E-state index < -0.39 is 0 Å². The fourth-order valence-electron chi connectivity index (χ4n) is 1.35. The second-order valence-electron chi connectivity index (χ2n) is 2.77. The summed E-state index contributed by atoms with van der Waals surface area (Å²) in [4.78, 5) is 0. The van der Waals surface area contributed by atoms with E-state index in [4.69, 9.17) is 4.42 Å². The maximum absolute atomic E-state index is 5.53. The largest absolute Gasteiger partial charge is 0.456 e. The number of furan rings is 1. The van der Waals surface area contributed by atoms with Crippen molar-refractivity contribution in [2.45, 2.75) is 6.92 Å². The van der Waals surface area contributed by atoms with E-state index >= 15 is 0 Å². The summed E-state index contributed by atoms with van der Waals surface area (Å²) in [5, 5.41) is 0. The summed E-state index contributed by atoms with van der Waals surface area (Å²) >= 11 is 0. The Labute approximate surface area is 84.8 Å². The summed E-state index contributed by atoms with van der Waals surface area (Å²) in [5.41, 5.74) is 1.97. The standard InChI is InChI=1S/C13H14O/c1-5-9-11-10(6-2)12(7-3)14-13(11)8-4/h5-9H,2-4H2,1H3/b9-5-. The van der Waals surface area contributed by atoms with Gasteiger partial charge in [0.05, 0.1) is 0 Å². The van der Waals surface area contributed by atoms with Crippen molar-refractivity contribution >= 4 is 24.3 Å². The highest BCUT2D eigenvalue weighted by molar-refractivity contribution is 5.75. The molecule has 14 heavy (non-hydrogen) atoms. The lowest BCUT2D eigenvalue weighted by atomic mass is 10.1. The van der Waals surface area contributed by atoms with Crippen molar-refractivity contribution in [3.05, 3.63) is 48.5 Å². The van der Waals surface area contributed by atoms with Crippen LogP contribution in [-0.2, 0) is 0 Å². The normalized spacial score (nSPS) is 10.4. The molecule has 0 unspecified atom stereocenters. The highest BCUT2D eigenvalue weighted by Gasteiger charge is 2.11. The van der Waals surface area contributed by atoms with E-state index in [-0.39, 0.29) is 0 Å². The van der Waals surface area contributed by atoms with Crippen LogP contribution in [-0.4, -0.2) is 0 Å². The van der Waals surface area contributed by atoms with Gasteiger partial charge in [-0.15, -0.1) is 0 Å². The topological polar surface area (TPSA) is 13.1 Å². The molecule has 1 heterocycles. The predicted octanol–water partition coefficient (Wildman–Crippen LogP) is 4.24. The van der Waals surface area contributed by atoms with Gasteiger partial charge in [-0.3, -0.25) is 0 Å². The SMILES string of the molecule is C=Cc1oc(C=C)c(/C=C\C)c1C=C. The number of hydrogen-bond acceptors (Lipinski definition) is 1. The first kappa shape index (κ1) is 10.3. The molecule has 0 atom stereocenters. The summed E-state index contributed by atoms with van der Waals surface area (Å²) in [6.07, 6.45) is 9.07. The molecule has 0 radical (unpaired) electrons. The average molecular weight is 186 g/mol. The maximum atomic E-state index is 5.53. The third-order valence-electron chi connectivity index (χ3n) is 1.95. The third kappa shape index (κ3) is 1.62. The summed E-state index contributed by atoms with van der Waals surface area (Å²) < 4.78 is 5.53. The Hall–Kier alpha value is -1.76. The lowest BCUT2D eigenvalue weighted by molar-refractivity contribution is 0.546. The molecule has 0 N–H and O–H groups in total. The van der Waals surface area contributed by atoms with Crippen LogP contribution >= 0.6 is 0 Å². The van der Waals surface area contributed by atoms with Crippen LogP contribution in [0.2, 0.25) is 0 Å². The highest BCUT2D eigenvalue weighted by Crippen LogP contribution is 2.27. The van der Waals surface area contributed by atoms with Crippen molar-refractivity contribution in [1.29, 1.82) is 0 Å². The van der Waals surface area contributed by atoms with E-state index in [1.165, 1.54) is 0 Å². The van der Waals surface area contributed by atoms with Gasteiger partial charge in [0.2, 0.25) is 0 Å². The van der Waals surface area contributed by atoms with E-state index in [9.17, 15) is 0 Å². The first-order valence-corrected chi connectivity index (χ1v) is 4.45. The Bertz CT molecular complexity index is 392. The Morgan fingerprint density at radius 1 is 0.929 bits per heavy atom. The van der Waals surface area contributed by atoms with Crippen molar-refractivity contribution < 1.29 is 4.42 Å². The Kier molecular flexibility index (Phi) is 3.29. The molecule has 1 aromatic heterocycles. The van der Waals surface area contributed by atoms with Crippen LogP contribution in [0.1, 0.15) is 29.6 Å². The molecule has 0 aliphatic heterocycles. The van der Waals surface area contributed by atoms with Gasteiger partial charge in [0.25, 0.3) is 0 Å². The minimum Gasteiger partial charge on any atom is -0.456 e. The van der Waals surface area contributed by atoms with E-state index in [0.29, 0.717) is 0 Å². The van der Waals surface area contributed by atoms with Gasteiger partial charge >= 0.3 is 0 Å². The first-order valence-electron chi connectivity index (χ1n) is 4.45. The third-order valence-corrected chi connectivity index (χ3v) is 1.95. The molecule has 0 saturated heterocycles. The minimum absolute atomic E-state index is 0.739. The number of hydrogen-bond donors (Lipinski definition) is 0. The molecule has 0 bridgehead atoms.